The second-order valence-corrected chi connectivity index (χ2v) is 5.74. The van der Waals surface area contributed by atoms with E-state index in [0.29, 0.717) is 11.5 Å². The van der Waals surface area contributed by atoms with E-state index in [1.165, 1.54) is 6.08 Å². The van der Waals surface area contributed by atoms with E-state index in [0.717, 1.165) is 31.5 Å². The smallest absolute Gasteiger partial charge is 0.331 e. The number of carbonyl (C=O) groups is 2. The molecule has 0 radical (unpaired) electrons. The predicted molar refractivity (Wildman–Crippen MR) is 86.1 cm³/mol. The number of nitrogens with zero attached hydrogens (tertiary/aromatic N) is 2. The first-order chi connectivity index (χ1) is 11.1. The third-order valence-corrected chi connectivity index (χ3v) is 3.93. The summed E-state index contributed by atoms with van der Waals surface area (Å²) in [6, 6.07) is 8.85. The van der Waals surface area contributed by atoms with Gasteiger partial charge in [0.15, 0.2) is 6.61 Å². The molecule has 1 aromatic rings. The van der Waals surface area contributed by atoms with E-state index in [1.54, 1.807) is 35.2 Å². The molecule has 0 atom stereocenters. The second kappa shape index (κ2) is 8.14. The van der Waals surface area contributed by atoms with E-state index in [2.05, 4.69) is 6.92 Å². The van der Waals surface area contributed by atoms with Crippen molar-refractivity contribution in [2.75, 3.05) is 19.7 Å². The van der Waals surface area contributed by atoms with E-state index in [4.69, 9.17) is 10.00 Å². The van der Waals surface area contributed by atoms with Crippen LogP contribution in [0.4, 0.5) is 0 Å². The van der Waals surface area contributed by atoms with Gasteiger partial charge in [0.2, 0.25) is 0 Å². The molecule has 0 saturated carbocycles. The molecule has 0 unspecified atom stereocenters. The van der Waals surface area contributed by atoms with Gasteiger partial charge in [-0.2, -0.15) is 5.26 Å². The number of esters is 1. The fourth-order valence-corrected chi connectivity index (χ4v) is 2.36. The molecule has 5 nitrogen and oxygen atoms in total. The average molecular weight is 312 g/mol. The lowest BCUT2D eigenvalue weighted by atomic mass is 9.99. The van der Waals surface area contributed by atoms with Crippen molar-refractivity contribution >= 4 is 18.0 Å². The number of ether oxygens (including phenoxy) is 1. The summed E-state index contributed by atoms with van der Waals surface area (Å²) < 4.78 is 4.98. The number of hydrogen-bond donors (Lipinski definition) is 0. The molecular formula is C18H20N2O3. The molecule has 0 bridgehead atoms. The molecule has 0 aliphatic carbocycles. The normalized spacial score (nSPS) is 15.4. The molecule has 1 aliphatic heterocycles. The van der Waals surface area contributed by atoms with E-state index in [-0.39, 0.29) is 12.5 Å². The van der Waals surface area contributed by atoms with Gasteiger partial charge in [0, 0.05) is 19.2 Å². The van der Waals surface area contributed by atoms with Gasteiger partial charge in [0.05, 0.1) is 11.6 Å². The number of nitriles is 1. The molecule has 5 heteroatoms. The molecule has 2 rings (SSSR count). The maximum Gasteiger partial charge on any atom is 0.331 e. The van der Waals surface area contributed by atoms with Crippen LogP contribution in [0.1, 0.15) is 30.9 Å². The van der Waals surface area contributed by atoms with Crippen molar-refractivity contribution in [3.05, 3.63) is 41.5 Å². The van der Waals surface area contributed by atoms with Crippen LogP contribution in [-0.4, -0.2) is 36.5 Å². The van der Waals surface area contributed by atoms with Crippen LogP contribution in [0.25, 0.3) is 6.08 Å². The molecule has 1 heterocycles. The van der Waals surface area contributed by atoms with Crippen LogP contribution in [0, 0.1) is 17.2 Å². The number of likely N-dealkylation sites (tertiary alicyclic amines) is 1. The van der Waals surface area contributed by atoms with Gasteiger partial charge in [-0.25, -0.2) is 4.79 Å². The Kier molecular flexibility index (Phi) is 5.93. The summed E-state index contributed by atoms with van der Waals surface area (Å²) in [5.74, 6) is -0.0398. The van der Waals surface area contributed by atoms with Gasteiger partial charge in [0.25, 0.3) is 5.91 Å². The van der Waals surface area contributed by atoms with E-state index >= 15 is 0 Å². The van der Waals surface area contributed by atoms with Crippen LogP contribution in [0.3, 0.4) is 0 Å². The Morgan fingerprint density at radius 1 is 1.30 bits per heavy atom. The standard InChI is InChI=1S/C18H20N2O3/c1-14-8-10-20(11-9-14)17(21)13-23-18(22)7-6-15-2-4-16(12-19)5-3-15/h2-7,14H,8-11,13H2,1H3/b7-6+. The fraction of sp³-hybridized carbons (Fsp3) is 0.389. The van der Waals surface area contributed by atoms with E-state index in [9.17, 15) is 9.59 Å². The van der Waals surface area contributed by atoms with Crippen LogP contribution < -0.4 is 0 Å². The Morgan fingerprint density at radius 2 is 1.96 bits per heavy atom. The third kappa shape index (κ3) is 5.26. The van der Waals surface area contributed by atoms with E-state index in [1.807, 2.05) is 6.07 Å². The van der Waals surface area contributed by atoms with Gasteiger partial charge in [-0.05, 0) is 42.5 Å². The van der Waals surface area contributed by atoms with Gasteiger partial charge in [-0.15, -0.1) is 0 Å². The monoisotopic (exact) mass is 312 g/mol. The molecule has 1 amide bonds. The zero-order valence-corrected chi connectivity index (χ0v) is 13.2. The number of piperidine rings is 1. The molecule has 1 saturated heterocycles. The maximum absolute atomic E-state index is 11.9. The Balaban J connectivity index is 1.77. The average Bonchev–Trinajstić information content (AvgIpc) is 2.59. The van der Waals surface area contributed by atoms with Crippen molar-refractivity contribution in [2.45, 2.75) is 19.8 Å². The van der Waals surface area contributed by atoms with Crippen LogP contribution >= 0.6 is 0 Å². The number of benzene rings is 1. The topological polar surface area (TPSA) is 70.4 Å². The zero-order valence-electron chi connectivity index (χ0n) is 13.2. The summed E-state index contributed by atoms with van der Waals surface area (Å²) in [4.78, 5) is 25.3. The molecule has 0 N–H and O–H groups in total. The van der Waals surface area contributed by atoms with E-state index < -0.39 is 5.97 Å². The van der Waals surface area contributed by atoms with Gasteiger partial charge in [0.1, 0.15) is 0 Å². The quantitative estimate of drug-likeness (QED) is 0.632. The maximum atomic E-state index is 11.9. The van der Waals surface area contributed by atoms with Crippen molar-refractivity contribution in [2.24, 2.45) is 5.92 Å². The highest BCUT2D eigenvalue weighted by Gasteiger charge is 2.20. The highest BCUT2D eigenvalue weighted by Crippen LogP contribution is 2.15. The summed E-state index contributed by atoms with van der Waals surface area (Å²) in [7, 11) is 0. The number of carbonyl (C=O) groups excluding carboxylic acids is 2. The van der Waals surface area contributed by atoms with Crippen LogP contribution in [0.2, 0.25) is 0 Å². The van der Waals surface area contributed by atoms with Crippen molar-refractivity contribution in [1.29, 1.82) is 5.26 Å². The minimum atomic E-state index is -0.548. The van der Waals surface area contributed by atoms with Gasteiger partial charge >= 0.3 is 5.97 Å². The Labute approximate surface area is 136 Å². The van der Waals surface area contributed by atoms with Crippen LogP contribution in [0.5, 0.6) is 0 Å². The third-order valence-electron chi connectivity index (χ3n) is 3.93. The number of amides is 1. The first kappa shape index (κ1) is 16.8. The zero-order chi connectivity index (χ0) is 16.7. The van der Waals surface area contributed by atoms with Crippen LogP contribution in [0.15, 0.2) is 30.3 Å². The molecular weight excluding hydrogens is 292 g/mol. The fourth-order valence-electron chi connectivity index (χ4n) is 2.36. The summed E-state index contributed by atoms with van der Waals surface area (Å²) in [5.41, 5.74) is 1.35. The van der Waals surface area contributed by atoms with Crippen molar-refractivity contribution in [3.63, 3.8) is 0 Å². The van der Waals surface area contributed by atoms with Crippen molar-refractivity contribution < 1.29 is 14.3 Å². The van der Waals surface area contributed by atoms with Crippen molar-refractivity contribution in [3.8, 4) is 6.07 Å². The highest BCUT2D eigenvalue weighted by atomic mass is 16.5. The lowest BCUT2D eigenvalue weighted by molar-refractivity contribution is -0.148. The van der Waals surface area contributed by atoms with Crippen LogP contribution in [-0.2, 0) is 14.3 Å². The first-order valence-corrected chi connectivity index (χ1v) is 7.71. The number of rotatable bonds is 4. The highest BCUT2D eigenvalue weighted by molar-refractivity contribution is 5.89. The number of hydrogen-bond acceptors (Lipinski definition) is 4. The second-order valence-electron chi connectivity index (χ2n) is 5.74. The molecule has 0 aromatic heterocycles. The SMILES string of the molecule is CC1CCN(C(=O)COC(=O)/C=C/c2ccc(C#N)cc2)CC1. The summed E-state index contributed by atoms with van der Waals surface area (Å²) >= 11 is 0. The Hall–Kier alpha value is -2.61. The molecule has 1 fully saturated rings. The lowest BCUT2D eigenvalue weighted by Crippen LogP contribution is -2.40. The van der Waals surface area contributed by atoms with Gasteiger partial charge in [-0.3, -0.25) is 4.79 Å². The summed E-state index contributed by atoms with van der Waals surface area (Å²) in [6.07, 6.45) is 4.88. The molecule has 0 spiro atoms. The molecule has 23 heavy (non-hydrogen) atoms. The Morgan fingerprint density at radius 3 is 2.57 bits per heavy atom. The summed E-state index contributed by atoms with van der Waals surface area (Å²) in [6.45, 7) is 3.43. The molecule has 120 valence electrons. The summed E-state index contributed by atoms with van der Waals surface area (Å²) in [5, 5.41) is 8.71. The largest absolute Gasteiger partial charge is 0.452 e. The molecule has 1 aromatic carbocycles. The van der Waals surface area contributed by atoms with Gasteiger partial charge < -0.3 is 9.64 Å². The minimum Gasteiger partial charge on any atom is -0.452 e. The molecule has 1 aliphatic rings. The Bertz CT molecular complexity index is 621. The van der Waals surface area contributed by atoms with Crippen molar-refractivity contribution in [1.82, 2.24) is 4.90 Å². The first-order valence-electron chi connectivity index (χ1n) is 7.71. The van der Waals surface area contributed by atoms with Gasteiger partial charge in [-0.1, -0.05) is 19.1 Å². The minimum absolute atomic E-state index is 0.142. The predicted octanol–water partition coefficient (Wildman–Crippen LogP) is 2.37. The lowest BCUT2D eigenvalue weighted by Gasteiger charge is -2.30.